The van der Waals surface area contributed by atoms with Crippen LogP contribution in [0.15, 0.2) is 18.2 Å². The number of anilines is 2. The van der Waals surface area contributed by atoms with Gasteiger partial charge < -0.3 is 21.5 Å². The Labute approximate surface area is 111 Å². The number of nitrogens with one attached hydrogen (secondary N) is 2. The summed E-state index contributed by atoms with van der Waals surface area (Å²) in [6.07, 6.45) is 4.28. The first-order valence-electron chi connectivity index (χ1n) is 6.26. The van der Waals surface area contributed by atoms with Crippen LogP contribution < -0.4 is 16.4 Å². The molecule has 0 bridgehead atoms. The van der Waals surface area contributed by atoms with Crippen LogP contribution in [-0.4, -0.2) is 23.1 Å². The summed E-state index contributed by atoms with van der Waals surface area (Å²) in [6, 6.07) is 4.14. The van der Waals surface area contributed by atoms with E-state index in [1.807, 2.05) is 0 Å². The van der Waals surface area contributed by atoms with E-state index in [-0.39, 0.29) is 23.3 Å². The molecule has 6 nitrogen and oxygen atoms in total. The van der Waals surface area contributed by atoms with Crippen molar-refractivity contribution in [2.24, 2.45) is 0 Å². The average Bonchev–Trinajstić information content (AvgIpc) is 2.84. The van der Waals surface area contributed by atoms with Gasteiger partial charge >= 0.3 is 12.0 Å². The maximum Gasteiger partial charge on any atom is 0.335 e. The van der Waals surface area contributed by atoms with Crippen molar-refractivity contribution >= 4 is 23.4 Å². The van der Waals surface area contributed by atoms with Gasteiger partial charge in [-0.3, -0.25) is 0 Å². The number of hydrogen-bond donors (Lipinski definition) is 4. The van der Waals surface area contributed by atoms with Gasteiger partial charge in [0, 0.05) is 6.04 Å². The van der Waals surface area contributed by atoms with Crippen LogP contribution in [0.1, 0.15) is 36.0 Å². The van der Waals surface area contributed by atoms with E-state index in [0.29, 0.717) is 5.69 Å². The third-order valence-corrected chi connectivity index (χ3v) is 3.24. The lowest BCUT2D eigenvalue weighted by Gasteiger charge is -2.14. The zero-order chi connectivity index (χ0) is 13.8. The molecule has 1 aliphatic rings. The molecule has 1 saturated carbocycles. The Morgan fingerprint density at radius 1 is 1.26 bits per heavy atom. The third kappa shape index (κ3) is 3.37. The van der Waals surface area contributed by atoms with Crippen molar-refractivity contribution in [1.82, 2.24) is 5.32 Å². The molecule has 5 N–H and O–H groups in total. The molecule has 0 atom stereocenters. The van der Waals surface area contributed by atoms with Crippen LogP contribution in [0.5, 0.6) is 0 Å². The van der Waals surface area contributed by atoms with Crippen LogP contribution in [0, 0.1) is 0 Å². The van der Waals surface area contributed by atoms with E-state index >= 15 is 0 Å². The summed E-state index contributed by atoms with van der Waals surface area (Å²) in [6.45, 7) is 0. The monoisotopic (exact) mass is 263 g/mol. The fourth-order valence-corrected chi connectivity index (χ4v) is 2.22. The second-order valence-corrected chi connectivity index (χ2v) is 4.69. The van der Waals surface area contributed by atoms with E-state index in [1.165, 1.54) is 18.2 Å². The summed E-state index contributed by atoms with van der Waals surface area (Å²) in [5.74, 6) is -1.05. The van der Waals surface area contributed by atoms with Crippen LogP contribution in [0.25, 0.3) is 0 Å². The van der Waals surface area contributed by atoms with Crippen molar-refractivity contribution in [3.05, 3.63) is 23.8 Å². The van der Waals surface area contributed by atoms with Gasteiger partial charge in [-0.05, 0) is 31.0 Å². The number of carboxylic acids is 1. The second-order valence-electron chi connectivity index (χ2n) is 4.69. The fraction of sp³-hybridized carbons (Fsp3) is 0.385. The summed E-state index contributed by atoms with van der Waals surface area (Å²) in [4.78, 5) is 22.5. The standard InChI is InChI=1S/C13H17N3O3/c14-10-7-8(12(17)18)5-6-11(10)16-13(19)15-9-3-1-2-4-9/h5-7,9H,1-4,14H2,(H,17,18)(H2,15,16,19). The zero-order valence-electron chi connectivity index (χ0n) is 10.5. The lowest BCUT2D eigenvalue weighted by Crippen LogP contribution is -2.36. The molecule has 0 saturated heterocycles. The van der Waals surface area contributed by atoms with Crippen molar-refractivity contribution in [2.75, 3.05) is 11.1 Å². The van der Waals surface area contributed by atoms with Crippen molar-refractivity contribution < 1.29 is 14.7 Å². The molecule has 0 aromatic heterocycles. The minimum Gasteiger partial charge on any atom is -0.478 e. The van der Waals surface area contributed by atoms with E-state index in [0.717, 1.165) is 25.7 Å². The quantitative estimate of drug-likeness (QED) is 0.626. The molecule has 0 spiro atoms. The molecule has 1 aliphatic carbocycles. The number of amides is 2. The summed E-state index contributed by atoms with van der Waals surface area (Å²) in [5.41, 5.74) is 6.46. The van der Waals surface area contributed by atoms with E-state index in [1.54, 1.807) is 0 Å². The highest BCUT2D eigenvalue weighted by atomic mass is 16.4. The first kappa shape index (κ1) is 13.2. The molecular weight excluding hydrogens is 246 g/mol. The SMILES string of the molecule is Nc1cc(C(=O)O)ccc1NC(=O)NC1CCCC1. The Balaban J connectivity index is 1.98. The number of carboxylic acid groups (broad SMARTS) is 1. The van der Waals surface area contributed by atoms with Gasteiger partial charge in [0.15, 0.2) is 0 Å². The van der Waals surface area contributed by atoms with E-state index in [4.69, 9.17) is 10.8 Å². The predicted molar refractivity (Wildman–Crippen MR) is 72.2 cm³/mol. The van der Waals surface area contributed by atoms with E-state index in [2.05, 4.69) is 10.6 Å². The van der Waals surface area contributed by atoms with Crippen molar-refractivity contribution in [3.8, 4) is 0 Å². The smallest absolute Gasteiger partial charge is 0.335 e. The maximum atomic E-state index is 11.7. The topological polar surface area (TPSA) is 104 Å². The Morgan fingerprint density at radius 2 is 1.95 bits per heavy atom. The molecule has 1 aromatic rings. The highest BCUT2D eigenvalue weighted by Crippen LogP contribution is 2.21. The van der Waals surface area contributed by atoms with Gasteiger partial charge in [0.2, 0.25) is 0 Å². The lowest BCUT2D eigenvalue weighted by atomic mass is 10.2. The van der Waals surface area contributed by atoms with Crippen LogP contribution in [-0.2, 0) is 0 Å². The van der Waals surface area contributed by atoms with Crippen LogP contribution in [0.3, 0.4) is 0 Å². The van der Waals surface area contributed by atoms with E-state index < -0.39 is 5.97 Å². The Kier molecular flexibility index (Phi) is 3.89. The predicted octanol–water partition coefficient (Wildman–Crippen LogP) is 2.03. The Hall–Kier alpha value is -2.24. The Bertz CT molecular complexity index is 496. The third-order valence-electron chi connectivity index (χ3n) is 3.24. The van der Waals surface area contributed by atoms with Gasteiger partial charge in [0.05, 0.1) is 16.9 Å². The number of benzene rings is 1. The van der Waals surface area contributed by atoms with Gasteiger partial charge in [-0.1, -0.05) is 12.8 Å². The number of hydrogen-bond acceptors (Lipinski definition) is 3. The van der Waals surface area contributed by atoms with Gasteiger partial charge in [0.1, 0.15) is 0 Å². The number of aromatic carboxylic acids is 1. The molecule has 6 heteroatoms. The molecule has 2 amide bonds. The minimum absolute atomic E-state index is 0.0965. The average molecular weight is 263 g/mol. The number of carbonyl (C=O) groups is 2. The summed E-state index contributed by atoms with van der Waals surface area (Å²) >= 11 is 0. The zero-order valence-corrected chi connectivity index (χ0v) is 10.5. The lowest BCUT2D eigenvalue weighted by molar-refractivity contribution is 0.0697. The van der Waals surface area contributed by atoms with E-state index in [9.17, 15) is 9.59 Å². The summed E-state index contributed by atoms with van der Waals surface area (Å²) < 4.78 is 0. The molecule has 0 unspecified atom stereocenters. The molecule has 2 rings (SSSR count). The molecule has 19 heavy (non-hydrogen) atoms. The van der Waals surface area contributed by atoms with Crippen molar-refractivity contribution in [3.63, 3.8) is 0 Å². The summed E-state index contributed by atoms with van der Waals surface area (Å²) in [5, 5.41) is 14.3. The van der Waals surface area contributed by atoms with Crippen LogP contribution in [0.4, 0.5) is 16.2 Å². The molecule has 0 aliphatic heterocycles. The largest absolute Gasteiger partial charge is 0.478 e. The van der Waals surface area contributed by atoms with Gasteiger partial charge in [-0.25, -0.2) is 9.59 Å². The maximum absolute atomic E-state index is 11.7. The first-order chi connectivity index (χ1) is 9.06. The Morgan fingerprint density at radius 3 is 2.53 bits per heavy atom. The summed E-state index contributed by atoms with van der Waals surface area (Å²) in [7, 11) is 0. The molecule has 1 fully saturated rings. The molecule has 0 radical (unpaired) electrons. The molecule has 1 aromatic carbocycles. The van der Waals surface area contributed by atoms with Crippen LogP contribution in [0.2, 0.25) is 0 Å². The number of urea groups is 1. The van der Waals surface area contributed by atoms with Gasteiger partial charge in [0.25, 0.3) is 0 Å². The van der Waals surface area contributed by atoms with Gasteiger partial charge in [-0.2, -0.15) is 0 Å². The van der Waals surface area contributed by atoms with Crippen LogP contribution >= 0.6 is 0 Å². The molecular formula is C13H17N3O3. The molecule has 0 heterocycles. The normalized spacial score (nSPS) is 15.2. The second kappa shape index (κ2) is 5.60. The first-order valence-corrected chi connectivity index (χ1v) is 6.26. The highest BCUT2D eigenvalue weighted by Gasteiger charge is 2.17. The minimum atomic E-state index is -1.05. The van der Waals surface area contributed by atoms with Crippen molar-refractivity contribution in [2.45, 2.75) is 31.7 Å². The number of nitrogen functional groups attached to an aromatic ring is 1. The van der Waals surface area contributed by atoms with Gasteiger partial charge in [-0.15, -0.1) is 0 Å². The number of rotatable bonds is 3. The van der Waals surface area contributed by atoms with Crippen molar-refractivity contribution in [1.29, 1.82) is 0 Å². The fourth-order valence-electron chi connectivity index (χ4n) is 2.22. The highest BCUT2D eigenvalue weighted by molar-refractivity contribution is 5.95. The molecule has 102 valence electrons. The number of carbonyl (C=O) groups excluding carboxylic acids is 1. The number of nitrogens with two attached hydrogens (primary N) is 1.